The van der Waals surface area contributed by atoms with E-state index in [0.29, 0.717) is 5.82 Å². The van der Waals surface area contributed by atoms with Crippen molar-refractivity contribution >= 4 is 0 Å². The third-order valence-corrected chi connectivity index (χ3v) is 3.05. The Balaban J connectivity index is 2.07. The third kappa shape index (κ3) is 3.08. The topological polar surface area (TPSA) is 52.0 Å². The fraction of sp³-hybridized carbons (Fsp3) is 0.385. The molecule has 1 aromatic carbocycles. The van der Waals surface area contributed by atoms with Crippen LogP contribution in [0.25, 0.3) is 0 Å². The van der Waals surface area contributed by atoms with Crippen LogP contribution in [0.5, 0.6) is 5.75 Å². The van der Waals surface area contributed by atoms with Crippen molar-refractivity contribution in [1.82, 2.24) is 20.1 Å². The van der Waals surface area contributed by atoms with Gasteiger partial charge in [0.2, 0.25) is 0 Å². The number of halogens is 1. The van der Waals surface area contributed by atoms with Gasteiger partial charge < -0.3 is 14.6 Å². The Hall–Kier alpha value is -1.95. The first-order chi connectivity index (χ1) is 9.11. The predicted octanol–water partition coefficient (Wildman–Crippen LogP) is 1.81. The van der Waals surface area contributed by atoms with Gasteiger partial charge in [-0.05, 0) is 31.7 Å². The molecule has 0 amide bonds. The molecule has 0 radical (unpaired) electrons. The zero-order valence-corrected chi connectivity index (χ0v) is 11.2. The lowest BCUT2D eigenvalue weighted by molar-refractivity contribution is 0.276. The highest BCUT2D eigenvalue weighted by molar-refractivity contribution is 5.30. The molecule has 0 aliphatic carbocycles. The van der Waals surface area contributed by atoms with E-state index in [1.807, 2.05) is 27.1 Å². The maximum Gasteiger partial charge on any atom is 0.170 e. The number of nitrogens with one attached hydrogen (secondary N) is 1. The molecular formula is C13H17FN4O. The molecule has 0 saturated heterocycles. The molecule has 0 saturated carbocycles. The first kappa shape index (κ1) is 13.5. The Morgan fingerprint density at radius 3 is 2.84 bits per heavy atom. The second kappa shape index (κ2) is 5.79. The Morgan fingerprint density at radius 2 is 2.26 bits per heavy atom. The summed E-state index contributed by atoms with van der Waals surface area (Å²) in [6.07, 6.45) is 1.58. The van der Waals surface area contributed by atoms with Crippen molar-refractivity contribution in [2.45, 2.75) is 19.6 Å². The molecule has 19 heavy (non-hydrogen) atoms. The first-order valence-electron chi connectivity index (χ1n) is 6.04. The zero-order chi connectivity index (χ0) is 13.8. The van der Waals surface area contributed by atoms with E-state index in [2.05, 4.69) is 15.5 Å². The van der Waals surface area contributed by atoms with Crippen LogP contribution in [0.3, 0.4) is 0 Å². The van der Waals surface area contributed by atoms with E-state index in [9.17, 15) is 4.39 Å². The van der Waals surface area contributed by atoms with Crippen LogP contribution in [0, 0.1) is 5.82 Å². The van der Waals surface area contributed by atoms with Crippen molar-refractivity contribution in [1.29, 1.82) is 0 Å². The largest absolute Gasteiger partial charge is 0.483 e. The van der Waals surface area contributed by atoms with E-state index in [0.717, 1.165) is 5.56 Å². The molecule has 2 rings (SSSR count). The summed E-state index contributed by atoms with van der Waals surface area (Å²) in [5.74, 6) is 0.490. The molecule has 0 fully saturated rings. The molecule has 0 spiro atoms. The van der Waals surface area contributed by atoms with E-state index in [-0.39, 0.29) is 24.2 Å². The molecule has 0 bridgehead atoms. The minimum Gasteiger partial charge on any atom is -0.483 e. The van der Waals surface area contributed by atoms with Crippen molar-refractivity contribution in [3.8, 4) is 5.75 Å². The second-order valence-corrected chi connectivity index (χ2v) is 4.35. The minimum absolute atomic E-state index is 0.0993. The van der Waals surface area contributed by atoms with E-state index < -0.39 is 0 Å². The molecule has 1 aromatic heterocycles. The maximum atomic E-state index is 13.9. The highest BCUT2D eigenvalue weighted by Gasteiger charge is 2.10. The van der Waals surface area contributed by atoms with Crippen molar-refractivity contribution in [3.63, 3.8) is 0 Å². The standard InChI is InChI=1S/C13H17FN4O/c1-9(15-2)10-4-5-12(11(14)6-10)19-7-13-17-16-8-18(13)3/h4-6,8-9,15H,7H2,1-3H3. The lowest BCUT2D eigenvalue weighted by Gasteiger charge is -2.12. The molecule has 1 atom stereocenters. The molecule has 1 heterocycles. The van der Waals surface area contributed by atoms with E-state index in [4.69, 9.17) is 4.74 Å². The smallest absolute Gasteiger partial charge is 0.170 e. The van der Waals surface area contributed by atoms with Crippen LogP contribution in [0.2, 0.25) is 0 Å². The predicted molar refractivity (Wildman–Crippen MR) is 69.2 cm³/mol. The Kier molecular flexibility index (Phi) is 4.11. The number of aromatic nitrogens is 3. The van der Waals surface area contributed by atoms with Gasteiger partial charge in [0.05, 0.1) is 0 Å². The summed E-state index contributed by atoms with van der Waals surface area (Å²) in [6, 6.07) is 5.06. The molecule has 5 nitrogen and oxygen atoms in total. The van der Waals surface area contributed by atoms with Crippen LogP contribution in [-0.4, -0.2) is 21.8 Å². The van der Waals surface area contributed by atoms with Gasteiger partial charge in [0, 0.05) is 13.1 Å². The van der Waals surface area contributed by atoms with Crippen molar-refractivity contribution < 1.29 is 9.13 Å². The van der Waals surface area contributed by atoms with Crippen molar-refractivity contribution in [3.05, 3.63) is 41.7 Å². The van der Waals surface area contributed by atoms with Crippen molar-refractivity contribution in [2.24, 2.45) is 7.05 Å². The monoisotopic (exact) mass is 264 g/mol. The molecular weight excluding hydrogens is 247 g/mol. The Morgan fingerprint density at radius 1 is 1.47 bits per heavy atom. The summed E-state index contributed by atoms with van der Waals surface area (Å²) in [4.78, 5) is 0. The summed E-state index contributed by atoms with van der Waals surface area (Å²) >= 11 is 0. The SMILES string of the molecule is CNC(C)c1ccc(OCc2nncn2C)c(F)c1. The van der Waals surface area contributed by atoms with Crippen LogP contribution in [0.1, 0.15) is 24.4 Å². The van der Waals surface area contributed by atoms with Crippen molar-refractivity contribution in [2.75, 3.05) is 7.05 Å². The average Bonchev–Trinajstić information content (AvgIpc) is 2.82. The molecule has 1 unspecified atom stereocenters. The molecule has 6 heteroatoms. The summed E-state index contributed by atoms with van der Waals surface area (Å²) in [5, 5.41) is 10.7. The third-order valence-electron chi connectivity index (χ3n) is 3.05. The van der Waals surface area contributed by atoms with Gasteiger partial charge in [-0.1, -0.05) is 6.07 Å². The molecule has 102 valence electrons. The van der Waals surface area contributed by atoms with Crippen LogP contribution in [0.15, 0.2) is 24.5 Å². The van der Waals surface area contributed by atoms with Gasteiger partial charge >= 0.3 is 0 Å². The second-order valence-electron chi connectivity index (χ2n) is 4.35. The Bertz CT molecular complexity index is 555. The fourth-order valence-corrected chi connectivity index (χ4v) is 1.65. The lowest BCUT2D eigenvalue weighted by Crippen LogP contribution is -2.12. The van der Waals surface area contributed by atoms with Crippen LogP contribution in [0.4, 0.5) is 4.39 Å². The van der Waals surface area contributed by atoms with Gasteiger partial charge in [0.15, 0.2) is 17.4 Å². The number of aryl methyl sites for hydroxylation is 1. The van der Waals surface area contributed by atoms with Gasteiger partial charge in [-0.3, -0.25) is 0 Å². The quantitative estimate of drug-likeness (QED) is 0.895. The molecule has 0 aliphatic rings. The summed E-state index contributed by atoms with van der Waals surface area (Å²) in [7, 11) is 3.65. The normalized spacial score (nSPS) is 12.4. The molecule has 2 aromatic rings. The summed E-state index contributed by atoms with van der Waals surface area (Å²) < 4.78 is 21.0. The lowest BCUT2D eigenvalue weighted by atomic mass is 10.1. The van der Waals surface area contributed by atoms with Crippen LogP contribution < -0.4 is 10.1 Å². The fourth-order valence-electron chi connectivity index (χ4n) is 1.65. The summed E-state index contributed by atoms with van der Waals surface area (Å²) in [5.41, 5.74) is 0.881. The number of rotatable bonds is 5. The van der Waals surface area contributed by atoms with Gasteiger partial charge in [-0.25, -0.2) is 4.39 Å². The highest BCUT2D eigenvalue weighted by atomic mass is 19.1. The number of benzene rings is 1. The molecule has 1 N–H and O–H groups in total. The summed E-state index contributed by atoms with van der Waals surface area (Å²) in [6.45, 7) is 2.16. The van der Waals surface area contributed by atoms with Gasteiger partial charge in [-0.2, -0.15) is 0 Å². The minimum atomic E-state index is -0.373. The average molecular weight is 264 g/mol. The number of hydrogen-bond donors (Lipinski definition) is 1. The van der Waals surface area contributed by atoms with Crippen LogP contribution >= 0.6 is 0 Å². The highest BCUT2D eigenvalue weighted by Crippen LogP contribution is 2.22. The maximum absolute atomic E-state index is 13.9. The van der Waals surface area contributed by atoms with Gasteiger partial charge in [0.1, 0.15) is 12.9 Å². The zero-order valence-electron chi connectivity index (χ0n) is 11.2. The number of ether oxygens (including phenoxy) is 1. The Labute approximate surface area is 111 Å². The van der Waals surface area contributed by atoms with Crippen LogP contribution in [-0.2, 0) is 13.7 Å². The number of nitrogens with zero attached hydrogens (tertiary/aromatic N) is 3. The van der Waals surface area contributed by atoms with Gasteiger partial charge in [0.25, 0.3) is 0 Å². The number of hydrogen-bond acceptors (Lipinski definition) is 4. The van der Waals surface area contributed by atoms with E-state index in [1.165, 1.54) is 6.07 Å². The van der Waals surface area contributed by atoms with E-state index in [1.54, 1.807) is 17.0 Å². The van der Waals surface area contributed by atoms with E-state index >= 15 is 0 Å². The van der Waals surface area contributed by atoms with Gasteiger partial charge in [-0.15, -0.1) is 10.2 Å². The first-order valence-corrected chi connectivity index (χ1v) is 6.04. The molecule has 0 aliphatic heterocycles.